The fourth-order valence-corrected chi connectivity index (χ4v) is 4.03. The molecule has 28 heavy (non-hydrogen) atoms. The Morgan fingerprint density at radius 1 is 1.00 bits per heavy atom. The van der Waals surface area contributed by atoms with Gasteiger partial charge in [-0.3, -0.25) is 4.79 Å². The second-order valence-corrected chi connectivity index (χ2v) is 8.58. The molecule has 0 saturated heterocycles. The van der Waals surface area contributed by atoms with Gasteiger partial charge in [0.15, 0.2) is 11.6 Å². The van der Waals surface area contributed by atoms with Gasteiger partial charge in [-0.25, -0.2) is 13.2 Å². The number of carbonyl (C=O) groups excluding carboxylic acids is 1. The lowest BCUT2D eigenvalue weighted by Gasteiger charge is -2.34. The van der Waals surface area contributed by atoms with Crippen LogP contribution in [0, 0.1) is 28.8 Å². The standard InChI is InChI=1S/C23H26F3NO/c1-23(2)12-10-14(11-13-23)6-7-15-8-9-17(21(26)19(15)24)16-4-3-5-18(20(16)25)22(27)28/h3-5,8-9,14H,6-7,10-13H2,1-2H3,(H2,27,28). The van der Waals surface area contributed by atoms with Gasteiger partial charge in [-0.05, 0) is 61.5 Å². The minimum absolute atomic E-state index is 0.172. The summed E-state index contributed by atoms with van der Waals surface area (Å²) in [6.45, 7) is 4.53. The normalized spacial score (nSPS) is 16.9. The number of hydrogen-bond donors (Lipinski definition) is 1. The molecule has 3 rings (SSSR count). The molecule has 0 radical (unpaired) electrons. The van der Waals surface area contributed by atoms with Crippen LogP contribution in [-0.4, -0.2) is 5.91 Å². The number of primary amides is 1. The fraction of sp³-hybridized carbons (Fsp3) is 0.435. The van der Waals surface area contributed by atoms with Crippen molar-refractivity contribution in [1.29, 1.82) is 0 Å². The third-order valence-corrected chi connectivity index (χ3v) is 6.00. The first kappa shape index (κ1) is 20.4. The molecule has 0 unspecified atom stereocenters. The molecule has 0 aliphatic heterocycles. The quantitative estimate of drug-likeness (QED) is 0.668. The Bertz CT molecular complexity index is 882. The first-order valence-electron chi connectivity index (χ1n) is 9.75. The number of amides is 1. The van der Waals surface area contributed by atoms with Crippen molar-refractivity contribution in [3.05, 3.63) is 58.9 Å². The van der Waals surface area contributed by atoms with Crippen molar-refractivity contribution in [2.24, 2.45) is 17.1 Å². The highest BCUT2D eigenvalue weighted by molar-refractivity contribution is 5.94. The second-order valence-electron chi connectivity index (χ2n) is 8.58. The lowest BCUT2D eigenvalue weighted by molar-refractivity contribution is 0.0996. The highest BCUT2D eigenvalue weighted by atomic mass is 19.2. The second kappa shape index (κ2) is 7.98. The van der Waals surface area contributed by atoms with Crippen LogP contribution in [0.15, 0.2) is 30.3 Å². The van der Waals surface area contributed by atoms with Gasteiger partial charge in [0.05, 0.1) is 5.56 Å². The largest absolute Gasteiger partial charge is 0.366 e. The van der Waals surface area contributed by atoms with Crippen LogP contribution in [-0.2, 0) is 6.42 Å². The van der Waals surface area contributed by atoms with Crippen LogP contribution in [0.4, 0.5) is 13.2 Å². The van der Waals surface area contributed by atoms with E-state index >= 15 is 0 Å². The molecule has 1 aliphatic carbocycles. The molecular weight excluding hydrogens is 363 g/mol. The number of nitrogens with two attached hydrogens (primary N) is 1. The van der Waals surface area contributed by atoms with E-state index in [0.717, 1.165) is 32.1 Å². The molecule has 2 aromatic rings. The van der Waals surface area contributed by atoms with E-state index in [0.29, 0.717) is 23.3 Å². The summed E-state index contributed by atoms with van der Waals surface area (Å²) in [5, 5.41) is 0. The van der Waals surface area contributed by atoms with Crippen molar-refractivity contribution in [2.45, 2.75) is 52.4 Å². The Balaban J connectivity index is 1.79. The van der Waals surface area contributed by atoms with Gasteiger partial charge in [-0.15, -0.1) is 0 Å². The predicted octanol–water partition coefficient (Wildman–Crippen LogP) is 6.02. The fourth-order valence-electron chi connectivity index (χ4n) is 4.03. The molecule has 2 nitrogen and oxygen atoms in total. The summed E-state index contributed by atoms with van der Waals surface area (Å²) in [4.78, 5) is 11.3. The van der Waals surface area contributed by atoms with Crippen molar-refractivity contribution in [1.82, 2.24) is 0 Å². The SMILES string of the molecule is CC1(C)CCC(CCc2ccc(-c3cccc(C(N)=O)c3F)c(F)c2F)CC1. The van der Waals surface area contributed by atoms with E-state index in [4.69, 9.17) is 5.73 Å². The molecule has 150 valence electrons. The van der Waals surface area contributed by atoms with Crippen LogP contribution < -0.4 is 5.73 Å². The van der Waals surface area contributed by atoms with Gasteiger partial charge < -0.3 is 5.73 Å². The number of benzene rings is 2. The maximum Gasteiger partial charge on any atom is 0.251 e. The lowest BCUT2D eigenvalue weighted by Crippen LogP contribution is -2.21. The Hall–Kier alpha value is -2.30. The maximum atomic E-state index is 14.7. The molecule has 0 atom stereocenters. The van der Waals surface area contributed by atoms with Crippen molar-refractivity contribution >= 4 is 5.91 Å². The number of aryl methyl sites for hydroxylation is 1. The van der Waals surface area contributed by atoms with Gasteiger partial charge in [-0.2, -0.15) is 0 Å². The number of carbonyl (C=O) groups is 1. The van der Waals surface area contributed by atoms with E-state index in [2.05, 4.69) is 13.8 Å². The van der Waals surface area contributed by atoms with Crippen LogP contribution in [0.1, 0.15) is 61.9 Å². The number of hydrogen-bond acceptors (Lipinski definition) is 1. The van der Waals surface area contributed by atoms with Crippen LogP contribution in [0.25, 0.3) is 11.1 Å². The van der Waals surface area contributed by atoms with Crippen molar-refractivity contribution in [2.75, 3.05) is 0 Å². The third-order valence-electron chi connectivity index (χ3n) is 6.00. The third kappa shape index (κ3) is 4.23. The van der Waals surface area contributed by atoms with E-state index < -0.39 is 23.4 Å². The Kier molecular flexibility index (Phi) is 5.82. The van der Waals surface area contributed by atoms with E-state index in [1.165, 1.54) is 30.3 Å². The zero-order valence-electron chi connectivity index (χ0n) is 16.3. The Labute approximate surface area is 163 Å². The maximum absolute atomic E-state index is 14.7. The zero-order valence-corrected chi connectivity index (χ0v) is 16.3. The van der Waals surface area contributed by atoms with Gasteiger partial charge >= 0.3 is 0 Å². The summed E-state index contributed by atoms with van der Waals surface area (Å²) >= 11 is 0. The summed E-state index contributed by atoms with van der Waals surface area (Å²) in [6, 6.07) is 6.81. The van der Waals surface area contributed by atoms with Crippen LogP contribution >= 0.6 is 0 Å². The minimum Gasteiger partial charge on any atom is -0.366 e. The monoisotopic (exact) mass is 389 g/mol. The number of halogens is 3. The van der Waals surface area contributed by atoms with E-state index in [1.807, 2.05) is 0 Å². The number of rotatable bonds is 5. The lowest BCUT2D eigenvalue weighted by atomic mass is 9.72. The minimum atomic E-state index is -1.09. The van der Waals surface area contributed by atoms with E-state index in [9.17, 15) is 18.0 Å². The topological polar surface area (TPSA) is 43.1 Å². The molecule has 1 aliphatic rings. The summed E-state index contributed by atoms with van der Waals surface area (Å²) in [5.41, 5.74) is 5.09. The van der Waals surface area contributed by atoms with Crippen molar-refractivity contribution in [3.63, 3.8) is 0 Å². The first-order valence-corrected chi connectivity index (χ1v) is 9.75. The summed E-state index contributed by atoms with van der Waals surface area (Å²) in [5.74, 6) is -3.40. The average Bonchev–Trinajstić information content (AvgIpc) is 2.64. The molecule has 1 saturated carbocycles. The highest BCUT2D eigenvalue weighted by Gasteiger charge is 2.27. The molecule has 5 heteroatoms. The molecule has 2 N–H and O–H groups in total. The molecular formula is C23H26F3NO. The van der Waals surface area contributed by atoms with Crippen molar-refractivity contribution < 1.29 is 18.0 Å². The molecule has 0 bridgehead atoms. The Morgan fingerprint density at radius 3 is 2.29 bits per heavy atom. The van der Waals surface area contributed by atoms with Gasteiger partial charge in [0, 0.05) is 11.1 Å². The Morgan fingerprint density at radius 2 is 1.64 bits per heavy atom. The van der Waals surface area contributed by atoms with E-state index in [1.54, 1.807) is 0 Å². The van der Waals surface area contributed by atoms with Crippen LogP contribution in [0.2, 0.25) is 0 Å². The van der Waals surface area contributed by atoms with Gasteiger partial charge in [0.1, 0.15) is 5.82 Å². The summed E-state index contributed by atoms with van der Waals surface area (Å²) < 4.78 is 43.8. The predicted molar refractivity (Wildman–Crippen MR) is 104 cm³/mol. The van der Waals surface area contributed by atoms with Gasteiger partial charge in [-0.1, -0.05) is 38.1 Å². The highest BCUT2D eigenvalue weighted by Crippen LogP contribution is 2.40. The van der Waals surface area contributed by atoms with Crippen molar-refractivity contribution in [3.8, 4) is 11.1 Å². The molecule has 0 spiro atoms. The zero-order chi connectivity index (χ0) is 20.5. The van der Waals surface area contributed by atoms with E-state index in [-0.39, 0.29) is 16.7 Å². The molecule has 1 amide bonds. The summed E-state index contributed by atoms with van der Waals surface area (Å²) in [7, 11) is 0. The van der Waals surface area contributed by atoms with Gasteiger partial charge in [0.2, 0.25) is 0 Å². The molecule has 1 fully saturated rings. The summed E-state index contributed by atoms with van der Waals surface area (Å²) in [6.07, 6.45) is 5.81. The molecule has 0 heterocycles. The average molecular weight is 389 g/mol. The molecule has 2 aromatic carbocycles. The van der Waals surface area contributed by atoms with Crippen LogP contribution in [0.3, 0.4) is 0 Å². The van der Waals surface area contributed by atoms with Crippen LogP contribution in [0.5, 0.6) is 0 Å². The molecule has 0 aromatic heterocycles. The first-order chi connectivity index (χ1) is 13.2. The smallest absolute Gasteiger partial charge is 0.251 e. The van der Waals surface area contributed by atoms with Gasteiger partial charge in [0.25, 0.3) is 5.91 Å².